The third-order valence-corrected chi connectivity index (χ3v) is 2.71. The van der Waals surface area contributed by atoms with E-state index in [1.807, 2.05) is 18.2 Å². The fraction of sp³-hybridized carbons (Fsp3) is 0.333. The van der Waals surface area contributed by atoms with Crippen molar-refractivity contribution in [1.29, 1.82) is 5.26 Å². The van der Waals surface area contributed by atoms with Crippen molar-refractivity contribution < 1.29 is 4.79 Å². The number of carbonyl (C=O) groups is 1. The van der Waals surface area contributed by atoms with Crippen LogP contribution in [0.4, 0.5) is 5.69 Å². The molecule has 1 heterocycles. The third kappa shape index (κ3) is 1.59. The molecule has 0 saturated carbocycles. The van der Waals surface area contributed by atoms with E-state index in [2.05, 4.69) is 13.0 Å². The highest BCUT2D eigenvalue weighted by atomic mass is 16.2. The van der Waals surface area contributed by atoms with Crippen molar-refractivity contribution in [3.8, 4) is 6.07 Å². The molecule has 0 aromatic heterocycles. The molecule has 0 radical (unpaired) electrons. The Labute approximate surface area is 88.9 Å². The zero-order chi connectivity index (χ0) is 10.8. The molecule has 1 aromatic carbocycles. The lowest BCUT2D eigenvalue weighted by Crippen LogP contribution is -2.26. The molecule has 0 spiro atoms. The van der Waals surface area contributed by atoms with Gasteiger partial charge in [-0.25, -0.2) is 0 Å². The minimum Gasteiger partial charge on any atom is -0.298 e. The number of rotatable bonds is 2. The van der Waals surface area contributed by atoms with Crippen LogP contribution in [0, 0.1) is 11.3 Å². The molecule has 0 saturated heterocycles. The summed E-state index contributed by atoms with van der Waals surface area (Å²) in [6.45, 7) is 2.24. The van der Waals surface area contributed by atoms with Gasteiger partial charge in [0.2, 0.25) is 5.91 Å². The van der Waals surface area contributed by atoms with E-state index in [-0.39, 0.29) is 12.5 Å². The van der Waals surface area contributed by atoms with Crippen molar-refractivity contribution in [3.63, 3.8) is 0 Å². The zero-order valence-electron chi connectivity index (χ0n) is 8.66. The van der Waals surface area contributed by atoms with Gasteiger partial charge >= 0.3 is 0 Å². The summed E-state index contributed by atoms with van der Waals surface area (Å²) in [6.07, 6.45) is 1.41. The lowest BCUT2D eigenvalue weighted by atomic mass is 10.1. The molecule has 0 unspecified atom stereocenters. The van der Waals surface area contributed by atoms with Crippen LogP contribution in [0.15, 0.2) is 18.2 Å². The molecule has 0 aliphatic carbocycles. The first-order chi connectivity index (χ1) is 7.26. The van der Waals surface area contributed by atoms with Gasteiger partial charge in [0.1, 0.15) is 6.54 Å². The summed E-state index contributed by atoms with van der Waals surface area (Å²) < 4.78 is 0. The van der Waals surface area contributed by atoms with E-state index in [9.17, 15) is 4.79 Å². The summed E-state index contributed by atoms with van der Waals surface area (Å²) >= 11 is 0. The molecule has 1 aliphatic heterocycles. The van der Waals surface area contributed by atoms with Crippen LogP contribution in [0.25, 0.3) is 0 Å². The Balaban J connectivity index is 2.39. The Hall–Kier alpha value is -1.82. The molecule has 0 fully saturated rings. The quantitative estimate of drug-likeness (QED) is 0.681. The second-order valence-electron chi connectivity index (χ2n) is 3.63. The summed E-state index contributed by atoms with van der Waals surface area (Å²) in [5.41, 5.74) is 3.19. The predicted octanol–water partition coefficient (Wildman–Crippen LogP) is 1.66. The van der Waals surface area contributed by atoms with Crippen LogP contribution in [0.1, 0.15) is 18.1 Å². The number of hydrogen-bond acceptors (Lipinski definition) is 2. The van der Waals surface area contributed by atoms with E-state index >= 15 is 0 Å². The Morgan fingerprint density at radius 3 is 3.00 bits per heavy atom. The average Bonchev–Trinajstić information content (AvgIpc) is 2.55. The molecular weight excluding hydrogens is 188 g/mol. The SMILES string of the molecule is CCc1ccc2c(c1)CC(=O)N2CC#N. The Bertz CT molecular complexity index is 445. The second kappa shape index (κ2) is 3.74. The summed E-state index contributed by atoms with van der Waals surface area (Å²) in [5.74, 6) is 0.0276. The molecule has 3 heteroatoms. The predicted molar refractivity (Wildman–Crippen MR) is 57.5 cm³/mol. The Morgan fingerprint density at radius 2 is 2.33 bits per heavy atom. The molecular formula is C12H12N2O. The molecule has 1 aromatic rings. The number of aryl methyl sites for hydroxylation is 1. The Morgan fingerprint density at radius 1 is 1.53 bits per heavy atom. The van der Waals surface area contributed by atoms with Gasteiger partial charge in [0.05, 0.1) is 12.5 Å². The highest BCUT2D eigenvalue weighted by Crippen LogP contribution is 2.29. The standard InChI is InChI=1S/C12H12N2O/c1-2-9-3-4-11-10(7-9)8-12(15)14(11)6-5-13/h3-4,7H,2,6,8H2,1H3. The number of amides is 1. The maximum absolute atomic E-state index is 11.6. The summed E-state index contributed by atoms with van der Waals surface area (Å²) in [6, 6.07) is 8.03. The zero-order valence-corrected chi connectivity index (χ0v) is 8.66. The molecule has 3 nitrogen and oxygen atoms in total. The van der Waals surface area contributed by atoms with Crippen LogP contribution < -0.4 is 4.90 Å². The van der Waals surface area contributed by atoms with Crippen LogP contribution in [0.2, 0.25) is 0 Å². The average molecular weight is 200 g/mol. The number of nitrogens with zero attached hydrogens (tertiary/aromatic N) is 2. The number of benzene rings is 1. The highest BCUT2D eigenvalue weighted by Gasteiger charge is 2.26. The largest absolute Gasteiger partial charge is 0.298 e. The first-order valence-electron chi connectivity index (χ1n) is 5.05. The summed E-state index contributed by atoms with van der Waals surface area (Å²) in [5, 5.41) is 8.63. The van der Waals surface area contributed by atoms with E-state index in [1.54, 1.807) is 4.90 Å². The monoisotopic (exact) mass is 200 g/mol. The maximum atomic E-state index is 11.6. The van der Waals surface area contributed by atoms with Gasteiger partial charge in [-0.1, -0.05) is 19.1 Å². The molecule has 0 bridgehead atoms. The fourth-order valence-corrected chi connectivity index (χ4v) is 1.90. The van der Waals surface area contributed by atoms with Gasteiger partial charge in [-0.15, -0.1) is 0 Å². The smallest absolute Gasteiger partial charge is 0.232 e. The Kier molecular flexibility index (Phi) is 2.42. The van der Waals surface area contributed by atoms with Gasteiger partial charge in [-0.2, -0.15) is 5.26 Å². The molecule has 76 valence electrons. The molecule has 15 heavy (non-hydrogen) atoms. The number of nitriles is 1. The minimum atomic E-state index is 0.0276. The van der Waals surface area contributed by atoms with Crippen molar-refractivity contribution >= 4 is 11.6 Å². The van der Waals surface area contributed by atoms with Crippen LogP contribution in [-0.2, 0) is 17.6 Å². The minimum absolute atomic E-state index is 0.0276. The molecule has 0 N–H and O–H groups in total. The van der Waals surface area contributed by atoms with Crippen molar-refractivity contribution in [2.24, 2.45) is 0 Å². The van der Waals surface area contributed by atoms with Crippen LogP contribution >= 0.6 is 0 Å². The topological polar surface area (TPSA) is 44.1 Å². The van der Waals surface area contributed by atoms with Crippen LogP contribution in [0.5, 0.6) is 0 Å². The van der Waals surface area contributed by atoms with Gasteiger partial charge in [0.25, 0.3) is 0 Å². The van der Waals surface area contributed by atoms with Gasteiger partial charge in [0.15, 0.2) is 0 Å². The van der Waals surface area contributed by atoms with Crippen LogP contribution in [-0.4, -0.2) is 12.5 Å². The number of carbonyl (C=O) groups excluding carboxylic acids is 1. The van der Waals surface area contributed by atoms with E-state index in [1.165, 1.54) is 5.56 Å². The van der Waals surface area contributed by atoms with Crippen molar-refractivity contribution in [3.05, 3.63) is 29.3 Å². The molecule has 2 rings (SSSR count). The number of fused-ring (bicyclic) bond motifs is 1. The van der Waals surface area contributed by atoms with Gasteiger partial charge in [0, 0.05) is 5.69 Å². The van der Waals surface area contributed by atoms with Gasteiger partial charge < -0.3 is 0 Å². The van der Waals surface area contributed by atoms with Crippen molar-refractivity contribution in [2.45, 2.75) is 19.8 Å². The second-order valence-corrected chi connectivity index (χ2v) is 3.63. The van der Waals surface area contributed by atoms with Crippen LogP contribution in [0.3, 0.4) is 0 Å². The first-order valence-corrected chi connectivity index (χ1v) is 5.05. The molecule has 1 amide bonds. The third-order valence-electron chi connectivity index (χ3n) is 2.71. The fourth-order valence-electron chi connectivity index (χ4n) is 1.90. The highest BCUT2D eigenvalue weighted by molar-refractivity contribution is 6.01. The van der Waals surface area contributed by atoms with Gasteiger partial charge in [-0.05, 0) is 23.6 Å². The molecule has 1 aliphatic rings. The maximum Gasteiger partial charge on any atom is 0.232 e. The normalized spacial score (nSPS) is 13.9. The van der Waals surface area contributed by atoms with Crippen molar-refractivity contribution in [2.75, 3.05) is 11.4 Å². The summed E-state index contributed by atoms with van der Waals surface area (Å²) in [7, 11) is 0. The number of anilines is 1. The lowest BCUT2D eigenvalue weighted by molar-refractivity contribution is -0.117. The van der Waals surface area contributed by atoms with Crippen molar-refractivity contribution in [1.82, 2.24) is 0 Å². The lowest BCUT2D eigenvalue weighted by Gasteiger charge is -2.12. The first kappa shape index (κ1) is 9.72. The van der Waals surface area contributed by atoms with E-state index in [0.717, 1.165) is 17.7 Å². The number of hydrogen-bond donors (Lipinski definition) is 0. The molecule has 0 atom stereocenters. The van der Waals surface area contributed by atoms with E-state index in [0.29, 0.717) is 6.42 Å². The van der Waals surface area contributed by atoms with Gasteiger partial charge in [-0.3, -0.25) is 9.69 Å². The van der Waals surface area contributed by atoms with E-state index < -0.39 is 0 Å². The van der Waals surface area contributed by atoms with E-state index in [4.69, 9.17) is 5.26 Å². The summed E-state index contributed by atoms with van der Waals surface area (Å²) in [4.78, 5) is 13.1.